The fourth-order valence-corrected chi connectivity index (χ4v) is 1.35. The molecule has 0 heterocycles. The Balaban J connectivity index is 2.28. The second-order valence-corrected chi connectivity index (χ2v) is 4.35. The van der Waals surface area contributed by atoms with Crippen LogP contribution in [-0.2, 0) is 19.6 Å². The molecule has 1 rings (SSSR count). The van der Waals surface area contributed by atoms with Crippen LogP contribution in [0.25, 0.3) is 0 Å². The molecule has 1 aromatic carbocycles. The molecule has 0 N–H and O–H groups in total. The molecule has 0 atom stereocenters. The van der Waals surface area contributed by atoms with Gasteiger partial charge in [0.15, 0.2) is 0 Å². The van der Waals surface area contributed by atoms with Crippen molar-refractivity contribution in [3.05, 3.63) is 29.8 Å². The molecule has 0 aliphatic rings. The van der Waals surface area contributed by atoms with E-state index in [2.05, 4.69) is 19.6 Å². The van der Waals surface area contributed by atoms with E-state index in [-0.39, 0.29) is 12.2 Å². The Kier molecular flexibility index (Phi) is 8.44. The van der Waals surface area contributed by atoms with Crippen LogP contribution in [0.5, 0.6) is 5.75 Å². The Morgan fingerprint density at radius 3 is 2.32 bits per heavy atom. The Hall–Kier alpha value is -2.28. The van der Waals surface area contributed by atoms with Crippen LogP contribution in [-0.4, -0.2) is 25.3 Å². The lowest BCUT2D eigenvalue weighted by molar-refractivity contribution is -0.452. The van der Waals surface area contributed by atoms with Crippen LogP contribution in [0.15, 0.2) is 24.3 Å². The number of rotatable bonds is 9. The summed E-state index contributed by atoms with van der Waals surface area (Å²) in [6.45, 7) is 4.76. The van der Waals surface area contributed by atoms with Gasteiger partial charge in [0.25, 0.3) is 0 Å². The summed E-state index contributed by atoms with van der Waals surface area (Å²) in [4.78, 5) is 31.0. The summed E-state index contributed by atoms with van der Waals surface area (Å²) in [5.74, 6) is -0.154. The van der Waals surface area contributed by atoms with Crippen molar-refractivity contribution in [2.24, 2.45) is 0 Å². The molecular formula is C15H20O7. The lowest BCUT2D eigenvalue weighted by Crippen LogP contribution is -2.12. The quantitative estimate of drug-likeness (QED) is 0.299. The van der Waals surface area contributed by atoms with Crippen LogP contribution >= 0.6 is 0 Å². The molecule has 122 valence electrons. The van der Waals surface area contributed by atoms with Gasteiger partial charge >= 0.3 is 12.1 Å². The zero-order valence-electron chi connectivity index (χ0n) is 12.7. The van der Waals surface area contributed by atoms with Crippen molar-refractivity contribution in [1.82, 2.24) is 0 Å². The number of hydrogen-bond acceptors (Lipinski definition) is 7. The van der Waals surface area contributed by atoms with Crippen molar-refractivity contribution in [3.8, 4) is 5.75 Å². The summed E-state index contributed by atoms with van der Waals surface area (Å²) in [6.07, 6.45) is 1.41. The third-order valence-corrected chi connectivity index (χ3v) is 2.49. The second kappa shape index (κ2) is 10.4. The van der Waals surface area contributed by atoms with E-state index in [1.807, 2.05) is 13.8 Å². The lowest BCUT2D eigenvalue weighted by Gasteiger charge is -2.05. The zero-order valence-corrected chi connectivity index (χ0v) is 12.7. The van der Waals surface area contributed by atoms with Gasteiger partial charge in [0, 0.05) is 0 Å². The smallest absolute Gasteiger partial charge is 0.494 e. The highest BCUT2D eigenvalue weighted by Crippen LogP contribution is 2.13. The molecule has 22 heavy (non-hydrogen) atoms. The summed E-state index contributed by atoms with van der Waals surface area (Å²) >= 11 is 0. The predicted molar refractivity (Wildman–Crippen MR) is 76.1 cm³/mol. The summed E-state index contributed by atoms with van der Waals surface area (Å²) in [5.41, 5.74) is 0.229. The number of carbonyl (C=O) groups excluding carboxylic acids is 2. The molecule has 0 aliphatic carbocycles. The Bertz CT molecular complexity index is 455. The van der Waals surface area contributed by atoms with E-state index >= 15 is 0 Å². The number of carbonyl (C=O) groups is 2. The first-order valence-electron chi connectivity index (χ1n) is 7.12. The van der Waals surface area contributed by atoms with Crippen LogP contribution in [0, 0.1) is 0 Å². The molecule has 0 aromatic heterocycles. The van der Waals surface area contributed by atoms with Crippen LogP contribution in [0.3, 0.4) is 0 Å². The number of ether oxygens (including phenoxy) is 2. The highest BCUT2D eigenvalue weighted by molar-refractivity contribution is 5.89. The molecule has 0 saturated carbocycles. The van der Waals surface area contributed by atoms with Crippen molar-refractivity contribution < 1.29 is 33.9 Å². The summed E-state index contributed by atoms with van der Waals surface area (Å²) in [6, 6.07) is 6.28. The van der Waals surface area contributed by atoms with Gasteiger partial charge in [-0.25, -0.2) is 14.5 Å². The molecule has 1 aromatic rings. The third-order valence-electron chi connectivity index (χ3n) is 2.49. The summed E-state index contributed by atoms with van der Waals surface area (Å²) in [5, 5.41) is 4.08. The van der Waals surface area contributed by atoms with Gasteiger partial charge in [-0.05, 0) is 37.1 Å². The fourth-order valence-electron chi connectivity index (χ4n) is 1.35. The Labute approximate surface area is 128 Å². The van der Waals surface area contributed by atoms with Crippen LogP contribution in [0.1, 0.15) is 43.5 Å². The van der Waals surface area contributed by atoms with E-state index in [0.717, 1.165) is 12.8 Å². The van der Waals surface area contributed by atoms with Crippen LogP contribution in [0.2, 0.25) is 0 Å². The first-order chi connectivity index (χ1) is 10.7. The highest BCUT2D eigenvalue weighted by Gasteiger charge is 2.12. The SMILES string of the molecule is CCCCOC(=O)OOOC(=O)c1ccc(OCCC)cc1. The minimum atomic E-state index is -1.07. The molecule has 0 spiro atoms. The third kappa shape index (κ3) is 6.94. The first kappa shape index (κ1) is 17.8. The van der Waals surface area contributed by atoms with Gasteiger partial charge in [0.1, 0.15) is 5.75 Å². The molecule has 0 unspecified atom stereocenters. The van der Waals surface area contributed by atoms with Crippen molar-refractivity contribution in [1.29, 1.82) is 0 Å². The molecule has 0 amide bonds. The van der Waals surface area contributed by atoms with Gasteiger partial charge < -0.3 is 9.47 Å². The van der Waals surface area contributed by atoms with E-state index in [4.69, 9.17) is 4.74 Å². The van der Waals surface area contributed by atoms with Crippen molar-refractivity contribution >= 4 is 12.1 Å². The average molecular weight is 312 g/mol. The van der Waals surface area contributed by atoms with Gasteiger partial charge in [-0.15, -0.1) is 0 Å². The van der Waals surface area contributed by atoms with Crippen molar-refractivity contribution in [2.75, 3.05) is 13.2 Å². The second-order valence-electron chi connectivity index (χ2n) is 4.35. The number of unbranched alkanes of at least 4 members (excludes halogenated alkanes) is 1. The van der Waals surface area contributed by atoms with Gasteiger partial charge in [-0.1, -0.05) is 20.3 Å². The molecule has 0 fully saturated rings. The predicted octanol–water partition coefficient (Wildman–Crippen LogP) is 3.43. The van der Waals surface area contributed by atoms with Gasteiger partial charge in [-0.2, -0.15) is 0 Å². The normalized spacial score (nSPS) is 9.91. The van der Waals surface area contributed by atoms with E-state index < -0.39 is 12.1 Å². The minimum absolute atomic E-state index is 0.214. The Morgan fingerprint density at radius 1 is 0.955 bits per heavy atom. The largest absolute Gasteiger partial charge is 0.543 e. The van der Waals surface area contributed by atoms with Gasteiger partial charge in [0.05, 0.1) is 23.8 Å². The van der Waals surface area contributed by atoms with E-state index in [9.17, 15) is 9.59 Å². The lowest BCUT2D eigenvalue weighted by atomic mass is 10.2. The number of hydrogen-bond donors (Lipinski definition) is 0. The summed E-state index contributed by atoms with van der Waals surface area (Å²) in [7, 11) is 0. The molecule has 0 saturated heterocycles. The molecule has 0 radical (unpaired) electrons. The molecule has 0 aliphatic heterocycles. The zero-order chi connectivity index (χ0) is 16.2. The Morgan fingerprint density at radius 2 is 1.68 bits per heavy atom. The maximum atomic E-state index is 11.6. The van der Waals surface area contributed by atoms with Gasteiger partial charge in [0.2, 0.25) is 0 Å². The maximum absolute atomic E-state index is 11.6. The minimum Gasteiger partial charge on any atom is -0.494 e. The fraction of sp³-hybridized carbons (Fsp3) is 0.467. The van der Waals surface area contributed by atoms with E-state index in [1.54, 1.807) is 12.1 Å². The molecule has 0 bridgehead atoms. The van der Waals surface area contributed by atoms with E-state index in [0.29, 0.717) is 18.8 Å². The topological polar surface area (TPSA) is 80.3 Å². The first-order valence-corrected chi connectivity index (χ1v) is 7.12. The van der Waals surface area contributed by atoms with Crippen LogP contribution in [0.4, 0.5) is 4.79 Å². The maximum Gasteiger partial charge on any atom is 0.543 e. The highest BCUT2D eigenvalue weighted by atomic mass is 17.5. The molecule has 7 heteroatoms. The molecular weight excluding hydrogens is 292 g/mol. The standard InChI is InChI=1S/C15H20O7/c1-3-5-11-19-15(17)21-22-20-14(16)12-6-8-13(9-7-12)18-10-4-2/h6-9H,3-5,10-11H2,1-2H3. The van der Waals surface area contributed by atoms with Crippen molar-refractivity contribution in [3.63, 3.8) is 0 Å². The van der Waals surface area contributed by atoms with E-state index in [1.165, 1.54) is 12.1 Å². The van der Waals surface area contributed by atoms with Crippen molar-refractivity contribution in [2.45, 2.75) is 33.1 Å². The van der Waals surface area contributed by atoms with Gasteiger partial charge in [-0.3, -0.25) is 4.89 Å². The molecule has 7 nitrogen and oxygen atoms in total. The summed E-state index contributed by atoms with van der Waals surface area (Å²) < 4.78 is 10.0. The monoisotopic (exact) mass is 312 g/mol. The average Bonchev–Trinajstić information content (AvgIpc) is 2.53. The van der Waals surface area contributed by atoms with Crippen LogP contribution < -0.4 is 4.74 Å². The number of benzene rings is 1.